The van der Waals surface area contributed by atoms with Crippen molar-refractivity contribution < 1.29 is 22.4 Å². The maximum absolute atomic E-state index is 13.7. The Labute approximate surface area is 159 Å². The molecule has 0 aromatic heterocycles. The van der Waals surface area contributed by atoms with Gasteiger partial charge in [-0.1, -0.05) is 0 Å². The fourth-order valence-corrected chi connectivity index (χ4v) is 4.39. The SMILES string of the molecule is Cl.O=C(NSc1ccc(F)cc1)N1CCC2(CCNCC2)C1C(F)(F)F. The molecule has 2 amide bonds. The lowest BCUT2D eigenvalue weighted by Crippen LogP contribution is -2.56. The normalized spacial score (nSPS) is 22.2. The van der Waals surface area contributed by atoms with Crippen LogP contribution in [0.25, 0.3) is 0 Å². The Morgan fingerprint density at radius 2 is 1.81 bits per heavy atom. The first-order valence-corrected chi connectivity index (χ1v) is 8.90. The first-order valence-electron chi connectivity index (χ1n) is 8.08. The van der Waals surface area contributed by atoms with E-state index in [-0.39, 0.29) is 19.0 Å². The second kappa shape index (κ2) is 8.22. The molecule has 10 heteroatoms. The van der Waals surface area contributed by atoms with E-state index in [0.29, 0.717) is 37.2 Å². The first-order chi connectivity index (χ1) is 11.8. The van der Waals surface area contributed by atoms with Gasteiger partial charge in [0.1, 0.15) is 11.9 Å². The molecular weight excluding hydrogens is 394 g/mol. The van der Waals surface area contributed by atoms with Crippen LogP contribution < -0.4 is 10.0 Å². The van der Waals surface area contributed by atoms with Gasteiger partial charge in [0, 0.05) is 16.9 Å². The van der Waals surface area contributed by atoms with E-state index >= 15 is 0 Å². The fraction of sp³-hybridized carbons (Fsp3) is 0.562. The number of amides is 2. The first kappa shape index (κ1) is 21.1. The zero-order chi connectivity index (χ0) is 18.1. The van der Waals surface area contributed by atoms with Crippen molar-refractivity contribution in [2.75, 3.05) is 19.6 Å². The molecule has 2 saturated heterocycles. The average molecular weight is 414 g/mol. The summed E-state index contributed by atoms with van der Waals surface area (Å²) in [7, 11) is 0. The standard InChI is InChI=1S/C16H19F4N3OS.ClH/c17-11-1-3-12(4-2-11)25-22-14(24)23-10-7-15(5-8-21-9-6-15)13(23)16(18,19)20;/h1-4,13,21H,5-10H2,(H,22,24);1H. The summed E-state index contributed by atoms with van der Waals surface area (Å²) >= 11 is 0.884. The predicted molar refractivity (Wildman–Crippen MR) is 93.7 cm³/mol. The average Bonchev–Trinajstić information content (AvgIpc) is 2.94. The molecule has 2 aliphatic rings. The lowest BCUT2D eigenvalue weighted by atomic mass is 9.72. The third-order valence-electron chi connectivity index (χ3n) is 4.98. The van der Waals surface area contributed by atoms with Crippen LogP contribution in [0.1, 0.15) is 19.3 Å². The molecule has 4 nitrogen and oxygen atoms in total. The number of piperidine rings is 1. The van der Waals surface area contributed by atoms with Gasteiger partial charge in [0.2, 0.25) is 0 Å². The smallest absolute Gasteiger partial charge is 0.317 e. The van der Waals surface area contributed by atoms with Crippen LogP contribution in [-0.4, -0.2) is 42.8 Å². The van der Waals surface area contributed by atoms with E-state index in [1.54, 1.807) is 0 Å². The lowest BCUT2D eigenvalue weighted by molar-refractivity contribution is -0.195. The van der Waals surface area contributed by atoms with Crippen LogP contribution in [0.2, 0.25) is 0 Å². The Kier molecular flexibility index (Phi) is 6.68. The molecular formula is C16H20ClF4N3OS. The third kappa shape index (κ3) is 4.37. The van der Waals surface area contributed by atoms with E-state index in [4.69, 9.17) is 0 Å². The Bertz CT molecular complexity index is 623. The molecule has 0 aliphatic carbocycles. The van der Waals surface area contributed by atoms with E-state index in [9.17, 15) is 22.4 Å². The maximum atomic E-state index is 13.7. The van der Waals surface area contributed by atoms with Gasteiger partial charge in [0.15, 0.2) is 0 Å². The molecule has 0 radical (unpaired) electrons. The van der Waals surface area contributed by atoms with Crippen molar-refractivity contribution in [1.82, 2.24) is 14.9 Å². The van der Waals surface area contributed by atoms with Gasteiger partial charge in [-0.15, -0.1) is 12.4 Å². The summed E-state index contributed by atoms with van der Waals surface area (Å²) < 4.78 is 56.5. The zero-order valence-corrected chi connectivity index (χ0v) is 15.4. The van der Waals surface area contributed by atoms with Crippen LogP contribution in [-0.2, 0) is 0 Å². The largest absolute Gasteiger partial charge is 0.409 e. The maximum Gasteiger partial charge on any atom is 0.409 e. The quantitative estimate of drug-likeness (QED) is 0.569. The van der Waals surface area contributed by atoms with Crippen molar-refractivity contribution in [2.45, 2.75) is 36.4 Å². The predicted octanol–water partition coefficient (Wildman–Crippen LogP) is 3.97. The highest BCUT2D eigenvalue weighted by molar-refractivity contribution is 7.98. The molecule has 2 fully saturated rings. The fourth-order valence-electron chi connectivity index (χ4n) is 3.79. The summed E-state index contributed by atoms with van der Waals surface area (Å²) in [4.78, 5) is 13.8. The zero-order valence-electron chi connectivity index (χ0n) is 13.8. The van der Waals surface area contributed by atoms with Crippen molar-refractivity contribution in [3.63, 3.8) is 0 Å². The summed E-state index contributed by atoms with van der Waals surface area (Å²) in [5, 5.41) is 3.08. The Morgan fingerprint density at radius 1 is 1.19 bits per heavy atom. The van der Waals surface area contributed by atoms with Gasteiger partial charge in [-0.2, -0.15) is 13.2 Å². The van der Waals surface area contributed by atoms with Gasteiger partial charge in [0.25, 0.3) is 0 Å². The molecule has 1 aromatic carbocycles. The van der Waals surface area contributed by atoms with Crippen LogP contribution >= 0.6 is 24.4 Å². The monoisotopic (exact) mass is 413 g/mol. The number of halogens is 5. The lowest BCUT2D eigenvalue weighted by Gasteiger charge is -2.41. The van der Waals surface area contributed by atoms with Crippen LogP contribution in [0.5, 0.6) is 0 Å². The molecule has 3 rings (SSSR count). The summed E-state index contributed by atoms with van der Waals surface area (Å²) in [6.07, 6.45) is -3.29. The number of nitrogens with one attached hydrogen (secondary N) is 2. The number of nitrogens with zero attached hydrogens (tertiary/aromatic N) is 1. The van der Waals surface area contributed by atoms with Crippen molar-refractivity contribution in [3.05, 3.63) is 30.1 Å². The molecule has 1 atom stereocenters. The van der Waals surface area contributed by atoms with Gasteiger partial charge in [0.05, 0.1) is 0 Å². The summed E-state index contributed by atoms with van der Waals surface area (Å²) in [6.45, 7) is 1.15. The van der Waals surface area contributed by atoms with E-state index < -0.39 is 29.5 Å². The number of hydrogen-bond donors (Lipinski definition) is 2. The van der Waals surface area contributed by atoms with Crippen molar-refractivity contribution in [2.24, 2.45) is 5.41 Å². The van der Waals surface area contributed by atoms with Gasteiger partial charge in [-0.25, -0.2) is 9.18 Å². The molecule has 0 bridgehead atoms. The number of hydrogen-bond acceptors (Lipinski definition) is 3. The number of carbonyl (C=O) groups is 1. The Hall–Kier alpha value is -1.19. The Morgan fingerprint density at radius 3 is 2.38 bits per heavy atom. The number of alkyl halides is 3. The van der Waals surface area contributed by atoms with Crippen LogP contribution in [0.3, 0.4) is 0 Å². The van der Waals surface area contributed by atoms with Crippen LogP contribution in [0.15, 0.2) is 29.2 Å². The van der Waals surface area contributed by atoms with Gasteiger partial charge >= 0.3 is 12.2 Å². The van der Waals surface area contributed by atoms with Crippen LogP contribution in [0.4, 0.5) is 22.4 Å². The topological polar surface area (TPSA) is 44.4 Å². The van der Waals surface area contributed by atoms with E-state index in [1.165, 1.54) is 24.3 Å². The van der Waals surface area contributed by atoms with Gasteiger partial charge in [-0.3, -0.25) is 4.72 Å². The molecule has 146 valence electrons. The molecule has 2 N–H and O–H groups in total. The molecule has 0 saturated carbocycles. The summed E-state index contributed by atoms with van der Waals surface area (Å²) in [5.41, 5.74) is -0.901. The second-order valence-electron chi connectivity index (χ2n) is 6.46. The third-order valence-corrected chi connectivity index (χ3v) is 5.77. The molecule has 2 heterocycles. The van der Waals surface area contributed by atoms with E-state index in [2.05, 4.69) is 10.0 Å². The number of rotatable bonds is 2. The molecule has 2 aliphatic heterocycles. The minimum absolute atomic E-state index is 0. The number of likely N-dealkylation sites (tertiary alicyclic amines) is 1. The highest BCUT2D eigenvalue weighted by atomic mass is 35.5. The number of carbonyl (C=O) groups excluding carboxylic acids is 1. The van der Waals surface area contributed by atoms with Crippen molar-refractivity contribution in [3.8, 4) is 0 Å². The summed E-state index contributed by atoms with van der Waals surface area (Å²) in [5.74, 6) is -0.416. The number of benzene rings is 1. The van der Waals surface area contributed by atoms with E-state index in [0.717, 1.165) is 16.8 Å². The highest BCUT2D eigenvalue weighted by Crippen LogP contribution is 2.50. The van der Waals surface area contributed by atoms with Crippen molar-refractivity contribution >= 4 is 30.4 Å². The van der Waals surface area contributed by atoms with Crippen LogP contribution in [0, 0.1) is 11.2 Å². The van der Waals surface area contributed by atoms with Gasteiger partial charge in [-0.05, 0) is 68.6 Å². The Balaban J connectivity index is 0.00000243. The minimum atomic E-state index is -4.47. The molecule has 1 unspecified atom stereocenters. The van der Waals surface area contributed by atoms with E-state index in [1.807, 2.05) is 0 Å². The molecule has 26 heavy (non-hydrogen) atoms. The number of urea groups is 1. The second-order valence-corrected chi connectivity index (χ2v) is 7.34. The van der Waals surface area contributed by atoms with Gasteiger partial charge < -0.3 is 10.2 Å². The minimum Gasteiger partial charge on any atom is -0.317 e. The molecule has 1 aromatic rings. The van der Waals surface area contributed by atoms with Crippen molar-refractivity contribution in [1.29, 1.82) is 0 Å². The highest BCUT2D eigenvalue weighted by Gasteiger charge is 2.61. The molecule has 1 spiro atoms. The summed E-state index contributed by atoms with van der Waals surface area (Å²) in [6, 6.07) is 2.85.